The Hall–Kier alpha value is -5.00. The highest BCUT2D eigenvalue weighted by molar-refractivity contribution is 7.87. The second-order valence-electron chi connectivity index (χ2n) is 17.3. The zero-order chi connectivity index (χ0) is 54.6. The van der Waals surface area contributed by atoms with Crippen molar-refractivity contribution in [1.29, 1.82) is 0 Å². The molecular weight excluding hydrogens is 1080 g/mol. The van der Waals surface area contributed by atoms with Crippen molar-refractivity contribution < 1.29 is 102 Å². The quantitative estimate of drug-likeness (QED) is 0.0384. The lowest BCUT2D eigenvalue weighted by atomic mass is 9.75. The molecule has 1 unspecified atom stereocenters. The molecule has 0 bridgehead atoms. The van der Waals surface area contributed by atoms with Crippen LogP contribution in [-0.4, -0.2) is 166 Å². The minimum atomic E-state index is -4.99. The van der Waals surface area contributed by atoms with E-state index in [0.29, 0.717) is 0 Å². The van der Waals surface area contributed by atoms with Crippen LogP contribution in [0.3, 0.4) is 0 Å². The third-order valence-corrected chi connectivity index (χ3v) is 16.1. The topological polar surface area (TPSA) is 428 Å². The number of allylic oxidation sites excluding steroid dienone is 6. The summed E-state index contributed by atoms with van der Waals surface area (Å²) in [5.74, 6) is -7.91. The number of amides is 2. The molecule has 4 rings (SSSR count). The summed E-state index contributed by atoms with van der Waals surface area (Å²) in [5, 5.41) is 14.7. The summed E-state index contributed by atoms with van der Waals surface area (Å²) in [5.41, 5.74) is -3.50. The first kappa shape index (κ1) is 59.6. The zero-order valence-corrected chi connectivity index (χ0v) is 43.4. The van der Waals surface area contributed by atoms with Gasteiger partial charge in [0.2, 0.25) is 5.69 Å². The van der Waals surface area contributed by atoms with Crippen molar-refractivity contribution in [3.8, 4) is 0 Å². The maximum Gasteiger partial charge on any atom is 0.336 e. The average Bonchev–Trinajstić information content (AvgIpc) is 3.56. The number of anilines is 1. The van der Waals surface area contributed by atoms with Gasteiger partial charge in [0.1, 0.15) is 11.4 Å². The van der Waals surface area contributed by atoms with E-state index in [1.807, 2.05) is 0 Å². The van der Waals surface area contributed by atoms with Crippen LogP contribution in [0.5, 0.6) is 0 Å². The van der Waals surface area contributed by atoms with Crippen LogP contribution in [0.25, 0.3) is 0 Å². The molecule has 400 valence electrons. The Labute approximate surface area is 416 Å². The summed E-state index contributed by atoms with van der Waals surface area (Å²) in [6, 6.07) is 4.02. The van der Waals surface area contributed by atoms with Gasteiger partial charge in [0.15, 0.2) is 5.71 Å². The largest absolute Gasteiger partial charge is 0.478 e. The van der Waals surface area contributed by atoms with Crippen molar-refractivity contribution in [2.75, 3.05) is 59.8 Å². The van der Waals surface area contributed by atoms with E-state index < -0.39 is 142 Å². The van der Waals surface area contributed by atoms with Crippen molar-refractivity contribution in [1.82, 2.24) is 10.6 Å². The van der Waals surface area contributed by atoms with Crippen molar-refractivity contribution in [3.63, 3.8) is 0 Å². The van der Waals surface area contributed by atoms with Crippen molar-refractivity contribution in [2.45, 2.75) is 62.2 Å². The number of benzene rings is 2. The monoisotopic (exact) mass is 1130 g/mol. The lowest BCUT2D eigenvalue weighted by Crippen LogP contribution is -2.33. The van der Waals surface area contributed by atoms with Gasteiger partial charge in [-0.2, -0.15) is 55.1 Å². The van der Waals surface area contributed by atoms with E-state index >= 15 is 0 Å². The fourth-order valence-corrected chi connectivity index (χ4v) is 11.3. The Morgan fingerprint density at radius 3 is 1.68 bits per heavy atom. The van der Waals surface area contributed by atoms with Gasteiger partial charge in [0.05, 0.1) is 45.3 Å². The minimum Gasteiger partial charge on any atom is -0.478 e. The highest BCUT2D eigenvalue weighted by Gasteiger charge is 2.49. The normalized spacial score (nSPS) is 18.0. The molecule has 26 nitrogen and oxygen atoms in total. The van der Waals surface area contributed by atoms with E-state index in [4.69, 9.17) is 0 Å². The van der Waals surface area contributed by atoms with E-state index in [-0.39, 0.29) is 83.8 Å². The molecule has 2 aliphatic heterocycles. The van der Waals surface area contributed by atoms with Gasteiger partial charge in [-0.25, -0.2) is 4.79 Å². The van der Waals surface area contributed by atoms with E-state index in [1.54, 1.807) is 13.8 Å². The number of hydrogen-bond donors (Lipinski definition) is 9. The Balaban J connectivity index is 1.99. The molecule has 72 heavy (non-hydrogen) atoms. The van der Waals surface area contributed by atoms with Crippen molar-refractivity contribution >= 4 is 95.6 Å². The summed E-state index contributed by atoms with van der Waals surface area (Å²) >= 11 is 0. The minimum absolute atomic E-state index is 0.00250. The number of rotatable bonds is 25. The number of hydrogen-bond acceptors (Lipinski definition) is 16. The molecule has 0 saturated carbocycles. The van der Waals surface area contributed by atoms with Crippen molar-refractivity contribution in [2.24, 2.45) is 0 Å². The van der Waals surface area contributed by atoms with Gasteiger partial charge in [0, 0.05) is 71.7 Å². The Kier molecular flexibility index (Phi) is 18.4. The van der Waals surface area contributed by atoms with Gasteiger partial charge in [-0.05, 0) is 64.3 Å². The van der Waals surface area contributed by atoms with E-state index in [0.717, 1.165) is 18.2 Å². The van der Waals surface area contributed by atoms with E-state index in [9.17, 15) is 97.3 Å². The number of aromatic carboxylic acids is 1. The fourth-order valence-electron chi connectivity index (χ4n) is 8.54. The second kappa shape index (κ2) is 22.2. The first-order valence-electron chi connectivity index (χ1n) is 21.1. The molecule has 2 aromatic carbocycles. The molecule has 1 atom stereocenters. The van der Waals surface area contributed by atoms with Gasteiger partial charge < -0.3 is 20.6 Å². The molecule has 32 heteroatoms. The SMILES string of the molecule is CC1(C)C(/C=C/C=C/C=C2/N(CCCS(=O)(=O)O)c3cc(C(=O)NCCS(=O)(=O)O)cc(C(=O)NCCS(=O)(=O)O)c3C2(C)CCCS(=O)(=O)O)=[N+](CCCS(=O)(=O)O)c2cc(S(=O)(=O)O)cc(C(=O)O)c21. The standard InChI is InChI=1S/C40H52N4O22S6/c1-39(2)32(43(15-8-18-68(52,53)54)31-25-27(72(64,65)66)24-29(34(31)39)38(47)48)10-5-4-6-11-33-40(3,12-7-17-67(49,50)51)35-28(37(46)42-14-21-71(61,62)63)22-26(36(45)41-13-20-70(58,59)60)23-30(35)44(33)16-9-19-69(55,56)57/h4-6,10-11,22-25H,7-9,12-21H2,1-3H3,(H8-,41,42,45,46,47,48,49,50,51,52,53,54,55,56,57,58,59,60,61,62,63,64,65,66)/p+1. The molecule has 2 heterocycles. The van der Waals surface area contributed by atoms with E-state index in [1.165, 1.54) is 52.8 Å². The average molecular weight is 1130 g/mol. The van der Waals surface area contributed by atoms with Crippen LogP contribution in [0, 0.1) is 0 Å². The predicted molar refractivity (Wildman–Crippen MR) is 259 cm³/mol. The molecule has 0 aromatic heterocycles. The number of nitrogens with one attached hydrogen (secondary N) is 2. The highest BCUT2D eigenvalue weighted by atomic mass is 32.2. The third kappa shape index (κ3) is 16.0. The van der Waals surface area contributed by atoms with Crippen LogP contribution < -0.4 is 15.5 Å². The smallest absolute Gasteiger partial charge is 0.336 e. The molecule has 2 amide bonds. The molecule has 0 saturated heterocycles. The predicted octanol–water partition coefficient (Wildman–Crippen LogP) is 1.24. The molecule has 0 fully saturated rings. The summed E-state index contributed by atoms with van der Waals surface area (Å²) in [6.45, 7) is 2.83. The third-order valence-electron chi connectivity index (χ3n) is 11.5. The molecule has 0 spiro atoms. The lowest BCUT2D eigenvalue weighted by Gasteiger charge is -2.31. The maximum absolute atomic E-state index is 14.1. The zero-order valence-electron chi connectivity index (χ0n) is 38.5. The second-order valence-corrected chi connectivity index (χ2v) is 26.5. The highest BCUT2D eigenvalue weighted by Crippen LogP contribution is 2.53. The Morgan fingerprint density at radius 2 is 1.15 bits per heavy atom. The van der Waals surface area contributed by atoms with Crippen LogP contribution in [0.4, 0.5) is 11.4 Å². The molecule has 9 N–H and O–H groups in total. The van der Waals surface area contributed by atoms with Gasteiger partial charge >= 0.3 is 5.97 Å². The summed E-state index contributed by atoms with van der Waals surface area (Å²) in [4.78, 5) is 40.8. The van der Waals surface area contributed by atoms with E-state index in [2.05, 4.69) is 10.6 Å². The maximum atomic E-state index is 14.1. The number of carbonyl (C=O) groups is 3. The first-order valence-corrected chi connectivity index (χ1v) is 30.6. The van der Waals surface area contributed by atoms with Crippen LogP contribution in [0.15, 0.2) is 65.2 Å². The Morgan fingerprint density at radius 1 is 0.625 bits per heavy atom. The molecule has 2 aromatic rings. The van der Waals surface area contributed by atoms with Crippen molar-refractivity contribution in [3.05, 3.63) is 88.2 Å². The summed E-state index contributed by atoms with van der Waals surface area (Å²) in [7, 11) is -27.9. The van der Waals surface area contributed by atoms with Crippen LogP contribution in [0.2, 0.25) is 0 Å². The van der Waals surface area contributed by atoms with Crippen LogP contribution >= 0.6 is 0 Å². The number of nitrogens with zero attached hydrogens (tertiary/aromatic N) is 2. The molecule has 0 aliphatic carbocycles. The van der Waals surface area contributed by atoms with Crippen LogP contribution in [0.1, 0.15) is 88.7 Å². The molecule has 2 aliphatic rings. The van der Waals surface area contributed by atoms with Gasteiger partial charge in [-0.1, -0.05) is 18.2 Å². The summed E-state index contributed by atoms with van der Waals surface area (Å²) < 4.78 is 200. The molecule has 0 radical (unpaired) electrons. The molecular formula is C40H53N4O22S6+. The van der Waals surface area contributed by atoms with Crippen LogP contribution in [-0.2, 0) is 71.5 Å². The first-order chi connectivity index (χ1) is 32.8. The van der Waals surface area contributed by atoms with Gasteiger partial charge in [0.25, 0.3) is 72.5 Å². The number of carboxylic acids is 1. The number of fused-ring (bicyclic) bond motifs is 2. The Bertz CT molecular complexity index is 3350. The fraction of sp³-hybridized carbons (Fsp3) is 0.450. The number of carboxylic acid groups (broad SMARTS) is 1. The van der Waals surface area contributed by atoms with Gasteiger partial charge in [-0.3, -0.25) is 36.9 Å². The number of carbonyl (C=O) groups excluding carboxylic acids is 2. The lowest BCUT2D eigenvalue weighted by molar-refractivity contribution is -0.437. The van der Waals surface area contributed by atoms with Gasteiger partial charge in [-0.15, -0.1) is 0 Å². The summed E-state index contributed by atoms with van der Waals surface area (Å²) in [6.07, 6.45) is 5.99.